The molecule has 6 heteroatoms. The minimum absolute atomic E-state index is 0.0347. The zero-order chi connectivity index (χ0) is 14.0. The molecule has 1 saturated carbocycles. The third-order valence-corrected chi connectivity index (χ3v) is 4.23. The highest BCUT2D eigenvalue weighted by Crippen LogP contribution is 2.59. The van der Waals surface area contributed by atoms with Crippen molar-refractivity contribution < 1.29 is 19.4 Å². The predicted octanol–water partition coefficient (Wildman–Crippen LogP) is 1.47. The van der Waals surface area contributed by atoms with E-state index < -0.39 is 17.5 Å². The van der Waals surface area contributed by atoms with Crippen LogP contribution in [0.4, 0.5) is 4.79 Å². The summed E-state index contributed by atoms with van der Waals surface area (Å²) in [5, 5.41) is 18.1. The topological polar surface area (TPSA) is 90.6 Å². The van der Waals surface area contributed by atoms with Crippen LogP contribution >= 0.6 is 0 Å². The van der Waals surface area contributed by atoms with Crippen molar-refractivity contribution in [2.75, 3.05) is 19.7 Å². The molecule has 2 aliphatic rings. The molecule has 1 heterocycles. The van der Waals surface area contributed by atoms with E-state index in [1.54, 1.807) is 6.92 Å². The Bertz CT molecular complexity index is 423. The molecule has 0 aromatic carbocycles. The summed E-state index contributed by atoms with van der Waals surface area (Å²) >= 11 is 0. The first-order valence-electron chi connectivity index (χ1n) is 6.61. The SMILES string of the molecule is CCOC(=O)C1(C#N)CC1C1CCN(C(=O)O)CC1. The Morgan fingerprint density at radius 3 is 2.58 bits per heavy atom. The molecule has 0 spiro atoms. The van der Waals surface area contributed by atoms with Gasteiger partial charge in [-0.25, -0.2) is 4.79 Å². The quantitative estimate of drug-likeness (QED) is 0.781. The fourth-order valence-corrected chi connectivity index (χ4v) is 3.02. The van der Waals surface area contributed by atoms with Gasteiger partial charge in [0.15, 0.2) is 5.41 Å². The highest BCUT2D eigenvalue weighted by molar-refractivity contribution is 5.84. The standard InChI is InChI=1S/C13H18N2O4/c1-2-19-11(16)13(8-14)7-10(13)9-3-5-15(6-4-9)12(17)18/h9-10H,2-7H2,1H3,(H,17,18). The molecule has 2 atom stereocenters. The molecule has 0 aromatic rings. The van der Waals surface area contributed by atoms with E-state index in [9.17, 15) is 14.9 Å². The van der Waals surface area contributed by atoms with E-state index in [-0.39, 0.29) is 18.4 Å². The number of esters is 1. The largest absolute Gasteiger partial charge is 0.465 e. The molecule has 6 nitrogen and oxygen atoms in total. The van der Waals surface area contributed by atoms with E-state index in [1.807, 2.05) is 0 Å². The van der Waals surface area contributed by atoms with Gasteiger partial charge < -0.3 is 14.7 Å². The van der Waals surface area contributed by atoms with Crippen LogP contribution in [0.15, 0.2) is 0 Å². The minimum atomic E-state index is -0.966. The zero-order valence-corrected chi connectivity index (χ0v) is 11.0. The highest BCUT2D eigenvalue weighted by atomic mass is 16.5. The lowest BCUT2D eigenvalue weighted by Crippen LogP contribution is -2.38. The van der Waals surface area contributed by atoms with Crippen LogP contribution < -0.4 is 0 Å². The number of hydrogen-bond acceptors (Lipinski definition) is 4. The Kier molecular flexibility index (Phi) is 3.65. The molecule has 1 aliphatic carbocycles. The Balaban J connectivity index is 1.94. The van der Waals surface area contributed by atoms with Crippen molar-refractivity contribution in [3.8, 4) is 6.07 Å². The number of hydrogen-bond donors (Lipinski definition) is 1. The minimum Gasteiger partial charge on any atom is -0.465 e. The lowest BCUT2D eigenvalue weighted by molar-refractivity contribution is -0.148. The number of carboxylic acid groups (broad SMARTS) is 1. The summed E-state index contributed by atoms with van der Waals surface area (Å²) in [7, 11) is 0. The fraction of sp³-hybridized carbons (Fsp3) is 0.769. The van der Waals surface area contributed by atoms with Crippen molar-refractivity contribution in [3.63, 3.8) is 0 Å². The van der Waals surface area contributed by atoms with Gasteiger partial charge in [0.2, 0.25) is 0 Å². The molecular formula is C13H18N2O4. The second-order valence-corrected chi connectivity index (χ2v) is 5.22. The molecule has 19 heavy (non-hydrogen) atoms. The molecule has 1 amide bonds. The molecule has 1 saturated heterocycles. The third kappa shape index (κ3) is 2.37. The number of piperidine rings is 1. The second-order valence-electron chi connectivity index (χ2n) is 5.22. The van der Waals surface area contributed by atoms with Crippen LogP contribution in [0.3, 0.4) is 0 Å². The fourth-order valence-electron chi connectivity index (χ4n) is 3.02. The Morgan fingerprint density at radius 1 is 1.47 bits per heavy atom. The monoisotopic (exact) mass is 266 g/mol. The summed E-state index contributed by atoms with van der Waals surface area (Å²) < 4.78 is 4.97. The number of ether oxygens (including phenoxy) is 1. The normalized spacial score (nSPS) is 30.5. The Hall–Kier alpha value is -1.77. The van der Waals surface area contributed by atoms with Crippen molar-refractivity contribution in [1.29, 1.82) is 5.26 Å². The van der Waals surface area contributed by atoms with Gasteiger partial charge in [0.1, 0.15) is 0 Å². The van der Waals surface area contributed by atoms with Gasteiger partial charge in [0, 0.05) is 13.1 Å². The summed E-state index contributed by atoms with van der Waals surface area (Å²) in [5.41, 5.74) is -0.966. The van der Waals surface area contributed by atoms with Gasteiger partial charge in [-0.1, -0.05) is 0 Å². The summed E-state index contributed by atoms with van der Waals surface area (Å²) in [6.45, 7) is 2.99. The van der Waals surface area contributed by atoms with Crippen molar-refractivity contribution in [3.05, 3.63) is 0 Å². The number of carbonyl (C=O) groups excluding carboxylic acids is 1. The van der Waals surface area contributed by atoms with Crippen LogP contribution in [0, 0.1) is 28.6 Å². The van der Waals surface area contributed by atoms with E-state index in [0.717, 1.165) is 12.8 Å². The van der Waals surface area contributed by atoms with E-state index in [4.69, 9.17) is 9.84 Å². The van der Waals surface area contributed by atoms with Gasteiger partial charge in [0.05, 0.1) is 12.7 Å². The van der Waals surface area contributed by atoms with Gasteiger partial charge in [-0.3, -0.25) is 4.79 Å². The first-order chi connectivity index (χ1) is 9.05. The van der Waals surface area contributed by atoms with Crippen LogP contribution in [-0.4, -0.2) is 41.8 Å². The van der Waals surface area contributed by atoms with Gasteiger partial charge in [0.25, 0.3) is 0 Å². The van der Waals surface area contributed by atoms with Gasteiger partial charge in [-0.15, -0.1) is 0 Å². The van der Waals surface area contributed by atoms with Crippen LogP contribution in [0.1, 0.15) is 26.2 Å². The first-order valence-corrected chi connectivity index (χ1v) is 6.61. The Morgan fingerprint density at radius 2 is 2.11 bits per heavy atom. The average molecular weight is 266 g/mol. The maximum Gasteiger partial charge on any atom is 0.407 e. The predicted molar refractivity (Wildman–Crippen MR) is 65.1 cm³/mol. The van der Waals surface area contributed by atoms with Crippen molar-refractivity contribution >= 4 is 12.1 Å². The zero-order valence-electron chi connectivity index (χ0n) is 11.0. The summed E-state index contributed by atoms with van der Waals surface area (Å²) in [4.78, 5) is 24.0. The summed E-state index contributed by atoms with van der Waals surface area (Å²) in [6.07, 6.45) is 1.10. The molecule has 0 radical (unpaired) electrons. The number of carbonyl (C=O) groups is 2. The van der Waals surface area contributed by atoms with Crippen molar-refractivity contribution in [2.24, 2.45) is 17.3 Å². The molecule has 2 fully saturated rings. The molecule has 0 aromatic heterocycles. The Labute approximate surface area is 111 Å². The summed E-state index contributed by atoms with van der Waals surface area (Å²) in [5.74, 6) is -0.129. The van der Waals surface area contributed by atoms with Gasteiger partial charge >= 0.3 is 12.1 Å². The molecule has 1 aliphatic heterocycles. The maximum absolute atomic E-state index is 11.8. The van der Waals surface area contributed by atoms with Gasteiger partial charge in [-0.2, -0.15) is 5.26 Å². The van der Waals surface area contributed by atoms with Crippen molar-refractivity contribution in [1.82, 2.24) is 4.90 Å². The number of nitriles is 1. The molecule has 2 unspecified atom stereocenters. The van der Waals surface area contributed by atoms with Gasteiger partial charge in [-0.05, 0) is 38.0 Å². The molecule has 0 bridgehead atoms. The third-order valence-electron chi connectivity index (χ3n) is 4.23. The number of amides is 1. The summed E-state index contributed by atoms with van der Waals surface area (Å²) in [6, 6.07) is 2.11. The molecule has 2 rings (SSSR count). The van der Waals surface area contributed by atoms with Crippen molar-refractivity contribution in [2.45, 2.75) is 26.2 Å². The van der Waals surface area contributed by atoms with E-state index in [0.29, 0.717) is 19.5 Å². The van der Waals surface area contributed by atoms with Crippen LogP contribution in [0.5, 0.6) is 0 Å². The van der Waals surface area contributed by atoms with E-state index in [2.05, 4.69) is 6.07 Å². The maximum atomic E-state index is 11.8. The number of nitrogens with zero attached hydrogens (tertiary/aromatic N) is 2. The van der Waals surface area contributed by atoms with Crippen LogP contribution in [-0.2, 0) is 9.53 Å². The van der Waals surface area contributed by atoms with E-state index >= 15 is 0 Å². The molecular weight excluding hydrogens is 248 g/mol. The number of rotatable bonds is 3. The smallest absolute Gasteiger partial charge is 0.407 e. The molecule has 1 N–H and O–H groups in total. The van der Waals surface area contributed by atoms with Crippen LogP contribution in [0.25, 0.3) is 0 Å². The van der Waals surface area contributed by atoms with E-state index in [1.165, 1.54) is 4.90 Å². The van der Waals surface area contributed by atoms with Crippen LogP contribution in [0.2, 0.25) is 0 Å². The highest BCUT2D eigenvalue weighted by Gasteiger charge is 2.64. The average Bonchev–Trinajstić information content (AvgIpc) is 3.15. The molecule has 104 valence electrons. The lowest BCUT2D eigenvalue weighted by atomic mass is 9.87. The first kappa shape index (κ1) is 13.7. The number of likely N-dealkylation sites (tertiary alicyclic amines) is 1. The lowest BCUT2D eigenvalue weighted by Gasteiger charge is -2.30. The second kappa shape index (κ2) is 5.08.